The van der Waals surface area contributed by atoms with Crippen LogP contribution in [-0.4, -0.2) is 38.2 Å². The molecule has 0 bridgehead atoms. The van der Waals surface area contributed by atoms with Crippen LogP contribution < -0.4 is 5.73 Å². The maximum absolute atomic E-state index is 12.7. The Kier molecular flexibility index (Phi) is 7.37. The monoisotopic (exact) mass is 445 g/mol. The number of halogens is 3. The Balaban J connectivity index is 0.00000140. The number of aryl methyl sites for hydroxylation is 1. The van der Waals surface area contributed by atoms with Gasteiger partial charge in [0.2, 0.25) is 5.91 Å². The first-order valence-corrected chi connectivity index (χ1v) is 9.54. The summed E-state index contributed by atoms with van der Waals surface area (Å²) in [6.07, 6.45) is 3.82. The summed E-state index contributed by atoms with van der Waals surface area (Å²) in [6, 6.07) is 8.28. The van der Waals surface area contributed by atoms with Crippen LogP contribution in [0.3, 0.4) is 0 Å². The van der Waals surface area contributed by atoms with Crippen LogP contribution in [0.2, 0.25) is 5.02 Å². The molecule has 1 saturated carbocycles. The average Bonchev–Trinajstić information content (AvgIpc) is 3.01. The van der Waals surface area contributed by atoms with Crippen LogP contribution in [0.4, 0.5) is 0 Å². The molecule has 1 aliphatic heterocycles. The Morgan fingerprint density at radius 3 is 2.57 bits per heavy atom. The van der Waals surface area contributed by atoms with E-state index in [-0.39, 0.29) is 42.2 Å². The number of rotatable bonds is 3. The van der Waals surface area contributed by atoms with Crippen molar-refractivity contribution in [2.45, 2.75) is 57.2 Å². The van der Waals surface area contributed by atoms with Crippen LogP contribution in [0.15, 0.2) is 24.3 Å². The van der Waals surface area contributed by atoms with E-state index in [4.69, 9.17) is 17.3 Å². The molecule has 1 aromatic carbocycles. The van der Waals surface area contributed by atoms with Crippen LogP contribution in [0.25, 0.3) is 0 Å². The van der Waals surface area contributed by atoms with Crippen LogP contribution >= 0.6 is 36.4 Å². The van der Waals surface area contributed by atoms with Crippen molar-refractivity contribution in [3.05, 3.63) is 46.5 Å². The van der Waals surface area contributed by atoms with Crippen molar-refractivity contribution in [3.63, 3.8) is 0 Å². The van der Waals surface area contributed by atoms with E-state index in [1.54, 1.807) is 0 Å². The Hall–Kier alpha value is -1.34. The van der Waals surface area contributed by atoms with Gasteiger partial charge in [-0.3, -0.25) is 4.79 Å². The molecule has 1 aliphatic carbocycles. The molecule has 0 saturated heterocycles. The van der Waals surface area contributed by atoms with Crippen molar-refractivity contribution in [2.24, 2.45) is 5.73 Å². The quantitative estimate of drug-likeness (QED) is 0.785. The minimum absolute atomic E-state index is 0. The summed E-state index contributed by atoms with van der Waals surface area (Å²) in [5, 5.41) is 9.07. The smallest absolute Gasteiger partial charge is 0.243 e. The molecule has 28 heavy (non-hydrogen) atoms. The van der Waals surface area contributed by atoms with Gasteiger partial charge in [0.15, 0.2) is 5.82 Å². The van der Waals surface area contributed by atoms with Crippen molar-refractivity contribution in [1.82, 2.24) is 19.7 Å². The van der Waals surface area contributed by atoms with E-state index in [2.05, 4.69) is 16.3 Å². The predicted octanol–water partition coefficient (Wildman–Crippen LogP) is 3.27. The highest BCUT2D eigenvalue weighted by atomic mass is 35.5. The van der Waals surface area contributed by atoms with Gasteiger partial charge in [-0.1, -0.05) is 23.7 Å². The molecule has 2 heterocycles. The molecular formula is C19H26Cl3N5O. The Bertz CT molecular complexity index is 833. The number of carbonyl (C=O) groups excluding carboxylic acids is 1. The van der Waals surface area contributed by atoms with Gasteiger partial charge in [-0.25, -0.2) is 0 Å². The van der Waals surface area contributed by atoms with E-state index < -0.39 is 0 Å². The molecule has 0 spiro atoms. The highest BCUT2D eigenvalue weighted by Gasteiger charge is 2.40. The Morgan fingerprint density at radius 2 is 1.93 bits per heavy atom. The van der Waals surface area contributed by atoms with Gasteiger partial charge in [-0.05, 0) is 50.3 Å². The SMILES string of the molecule is Cc1nnc2n1CC(=O)N([C@H]1CC[C@@](CN)(c3cccc(Cl)c3)CC1)C2.Cl.Cl. The maximum Gasteiger partial charge on any atom is 0.243 e. The minimum atomic E-state index is -0.0448. The molecule has 2 aromatic rings. The van der Waals surface area contributed by atoms with E-state index in [1.807, 2.05) is 34.6 Å². The normalized spacial score (nSPS) is 24.2. The largest absolute Gasteiger partial charge is 0.331 e. The number of carbonyl (C=O) groups is 1. The first kappa shape index (κ1) is 22.9. The molecule has 2 N–H and O–H groups in total. The number of hydrogen-bond acceptors (Lipinski definition) is 4. The van der Waals surface area contributed by atoms with E-state index in [0.29, 0.717) is 19.6 Å². The molecule has 0 radical (unpaired) electrons. The Labute approximate surface area is 182 Å². The maximum atomic E-state index is 12.7. The van der Waals surface area contributed by atoms with Gasteiger partial charge < -0.3 is 15.2 Å². The summed E-state index contributed by atoms with van der Waals surface area (Å²) >= 11 is 6.19. The lowest BCUT2D eigenvalue weighted by Gasteiger charge is -2.44. The number of nitrogens with two attached hydrogens (primary N) is 1. The fourth-order valence-electron chi connectivity index (χ4n) is 4.44. The lowest BCUT2D eigenvalue weighted by Crippen LogP contribution is -2.50. The zero-order valence-corrected chi connectivity index (χ0v) is 18.2. The molecule has 0 unspecified atom stereocenters. The van der Waals surface area contributed by atoms with Crippen molar-refractivity contribution in [1.29, 1.82) is 0 Å². The van der Waals surface area contributed by atoms with Gasteiger partial charge in [0, 0.05) is 23.0 Å². The zero-order chi connectivity index (χ0) is 18.3. The van der Waals surface area contributed by atoms with E-state index in [9.17, 15) is 4.79 Å². The molecule has 6 nitrogen and oxygen atoms in total. The molecule has 1 fully saturated rings. The summed E-state index contributed by atoms with van der Waals surface area (Å²) in [5.41, 5.74) is 7.36. The van der Waals surface area contributed by atoms with Crippen LogP contribution in [0, 0.1) is 6.92 Å². The summed E-state index contributed by atoms with van der Waals surface area (Å²) in [5.74, 6) is 1.85. The van der Waals surface area contributed by atoms with Crippen molar-refractivity contribution in [3.8, 4) is 0 Å². The third kappa shape index (κ3) is 4.01. The van der Waals surface area contributed by atoms with Crippen LogP contribution in [0.5, 0.6) is 0 Å². The minimum Gasteiger partial charge on any atom is -0.331 e. The lowest BCUT2D eigenvalue weighted by atomic mass is 9.68. The molecule has 154 valence electrons. The van der Waals surface area contributed by atoms with Crippen molar-refractivity contribution < 1.29 is 4.79 Å². The summed E-state index contributed by atoms with van der Waals surface area (Å²) in [4.78, 5) is 14.6. The van der Waals surface area contributed by atoms with Gasteiger partial charge in [-0.2, -0.15) is 0 Å². The van der Waals surface area contributed by atoms with Gasteiger partial charge in [0.1, 0.15) is 12.4 Å². The predicted molar refractivity (Wildman–Crippen MR) is 114 cm³/mol. The van der Waals surface area contributed by atoms with E-state index in [1.165, 1.54) is 5.56 Å². The fourth-order valence-corrected chi connectivity index (χ4v) is 4.63. The topological polar surface area (TPSA) is 77.0 Å². The summed E-state index contributed by atoms with van der Waals surface area (Å²) < 4.78 is 1.91. The van der Waals surface area contributed by atoms with Crippen molar-refractivity contribution in [2.75, 3.05) is 6.54 Å². The first-order valence-electron chi connectivity index (χ1n) is 9.17. The van der Waals surface area contributed by atoms with Crippen LogP contribution in [0.1, 0.15) is 42.9 Å². The van der Waals surface area contributed by atoms with E-state index >= 15 is 0 Å². The molecular weight excluding hydrogens is 421 g/mol. The summed E-state index contributed by atoms with van der Waals surface area (Å²) in [7, 11) is 0. The van der Waals surface area contributed by atoms with Crippen LogP contribution in [-0.2, 0) is 23.3 Å². The second kappa shape index (κ2) is 8.99. The second-order valence-corrected chi connectivity index (χ2v) is 7.93. The lowest BCUT2D eigenvalue weighted by molar-refractivity contribution is -0.138. The molecule has 2 aliphatic rings. The molecule has 1 amide bonds. The second-order valence-electron chi connectivity index (χ2n) is 7.50. The van der Waals surface area contributed by atoms with Crippen molar-refractivity contribution >= 4 is 42.3 Å². The summed E-state index contributed by atoms with van der Waals surface area (Å²) in [6.45, 7) is 3.39. The number of amides is 1. The fraction of sp³-hybridized carbons (Fsp3) is 0.526. The zero-order valence-electron chi connectivity index (χ0n) is 15.8. The highest BCUT2D eigenvalue weighted by molar-refractivity contribution is 6.30. The van der Waals surface area contributed by atoms with Gasteiger partial charge in [-0.15, -0.1) is 35.0 Å². The third-order valence-corrected chi connectivity index (χ3v) is 6.35. The standard InChI is InChI=1S/C19H24ClN5O.2ClH/c1-13-22-23-17-10-25(18(26)11-24(13)17)16-5-7-19(12-21,8-6-16)14-3-2-4-15(20)9-14;;/h2-4,9,16H,5-8,10-12,21H2,1H3;2*1H/t16-,19+;;. The molecule has 4 rings (SSSR count). The van der Waals surface area contributed by atoms with E-state index in [0.717, 1.165) is 42.4 Å². The number of fused-ring (bicyclic) bond motifs is 1. The highest BCUT2D eigenvalue weighted by Crippen LogP contribution is 2.41. The average molecular weight is 447 g/mol. The number of aromatic nitrogens is 3. The number of hydrogen-bond donors (Lipinski definition) is 1. The number of benzene rings is 1. The Morgan fingerprint density at radius 1 is 1.21 bits per heavy atom. The molecule has 1 aromatic heterocycles. The number of nitrogens with zero attached hydrogens (tertiary/aromatic N) is 4. The van der Waals surface area contributed by atoms with Gasteiger partial charge in [0.05, 0.1) is 6.54 Å². The molecule has 0 atom stereocenters. The molecule has 9 heteroatoms. The third-order valence-electron chi connectivity index (χ3n) is 6.12. The van der Waals surface area contributed by atoms with Gasteiger partial charge in [0.25, 0.3) is 0 Å². The first-order chi connectivity index (χ1) is 12.5. The van der Waals surface area contributed by atoms with Gasteiger partial charge >= 0.3 is 0 Å².